The van der Waals surface area contributed by atoms with Crippen LogP contribution in [0, 0.1) is 0 Å². The van der Waals surface area contributed by atoms with Gasteiger partial charge in [0.05, 0.1) is 10.6 Å². The first-order valence-electron chi connectivity index (χ1n) is 8.52. The van der Waals surface area contributed by atoms with Gasteiger partial charge in [0.15, 0.2) is 5.13 Å². The number of anilines is 2. The largest absolute Gasteiger partial charge is 0.332 e. The Balaban J connectivity index is 0.00000280. The summed E-state index contributed by atoms with van der Waals surface area (Å²) >= 11 is 7.38. The molecular weight excluding hydrogens is 482 g/mol. The summed E-state index contributed by atoms with van der Waals surface area (Å²) in [5.41, 5.74) is 2.57. The lowest BCUT2D eigenvalue weighted by Gasteiger charge is -2.18. The highest BCUT2D eigenvalue weighted by Gasteiger charge is 2.21. The number of thiazole rings is 1. The Bertz CT molecular complexity index is 1000. The molecule has 0 atom stereocenters. The van der Waals surface area contributed by atoms with E-state index in [1.807, 2.05) is 43.5 Å². The molecule has 5 nitrogen and oxygen atoms in total. The first-order chi connectivity index (χ1) is 12.9. The zero-order chi connectivity index (χ0) is 19.4. The lowest BCUT2D eigenvalue weighted by atomic mass is 10.2. The van der Waals surface area contributed by atoms with Gasteiger partial charge in [0.1, 0.15) is 0 Å². The van der Waals surface area contributed by atoms with E-state index in [-0.39, 0.29) is 17.0 Å². The summed E-state index contributed by atoms with van der Waals surface area (Å²) in [7, 11) is -3.45. The van der Waals surface area contributed by atoms with Gasteiger partial charge in [-0.25, -0.2) is 13.4 Å². The van der Waals surface area contributed by atoms with Crippen molar-refractivity contribution in [2.24, 2.45) is 0 Å². The van der Waals surface area contributed by atoms with Gasteiger partial charge in [-0.3, -0.25) is 0 Å². The summed E-state index contributed by atoms with van der Waals surface area (Å²) in [5, 5.41) is 6.61. The number of rotatable bonds is 7. The number of sulfonamides is 1. The van der Waals surface area contributed by atoms with E-state index in [0.29, 0.717) is 23.0 Å². The molecule has 0 amide bonds. The van der Waals surface area contributed by atoms with E-state index in [2.05, 4.69) is 10.3 Å². The summed E-state index contributed by atoms with van der Waals surface area (Å²) in [6.07, 6.45) is 0. The van der Waals surface area contributed by atoms with Crippen molar-refractivity contribution in [1.82, 2.24) is 9.29 Å². The van der Waals surface area contributed by atoms with Crippen molar-refractivity contribution in [1.29, 1.82) is 0 Å². The average molecular weight is 503 g/mol. The number of hydrogen-bond acceptors (Lipinski definition) is 5. The summed E-state index contributed by atoms with van der Waals surface area (Å²) in [5.74, 6) is 0. The maximum Gasteiger partial charge on any atom is 0.243 e. The van der Waals surface area contributed by atoms with Crippen molar-refractivity contribution in [3.63, 3.8) is 0 Å². The topological polar surface area (TPSA) is 62.3 Å². The zero-order valence-electron chi connectivity index (χ0n) is 15.4. The molecule has 3 aromatic rings. The van der Waals surface area contributed by atoms with Gasteiger partial charge < -0.3 is 5.32 Å². The number of aromatic nitrogens is 1. The van der Waals surface area contributed by atoms with Crippen molar-refractivity contribution in [2.45, 2.75) is 18.7 Å². The Kier molecular flexibility index (Phi) is 8.03. The van der Waals surface area contributed by atoms with Crippen LogP contribution in [0.2, 0.25) is 5.02 Å². The van der Waals surface area contributed by atoms with Crippen molar-refractivity contribution in [3.8, 4) is 11.3 Å². The van der Waals surface area contributed by atoms with Crippen molar-refractivity contribution in [3.05, 3.63) is 58.9 Å². The molecule has 0 aliphatic rings. The molecule has 0 bridgehead atoms. The smallest absolute Gasteiger partial charge is 0.243 e. The molecule has 9 heteroatoms. The van der Waals surface area contributed by atoms with Crippen LogP contribution in [0.25, 0.3) is 11.3 Å². The molecule has 1 heterocycles. The molecule has 0 saturated carbocycles. The summed E-state index contributed by atoms with van der Waals surface area (Å²) in [6.45, 7) is 4.57. The van der Waals surface area contributed by atoms with E-state index in [4.69, 9.17) is 11.6 Å². The fourth-order valence-electron chi connectivity index (χ4n) is 2.63. The monoisotopic (exact) mass is 501 g/mol. The molecule has 0 saturated heterocycles. The van der Waals surface area contributed by atoms with Crippen molar-refractivity contribution in [2.75, 3.05) is 18.4 Å². The van der Waals surface area contributed by atoms with Crippen molar-refractivity contribution >= 4 is 60.8 Å². The average Bonchev–Trinajstić information content (AvgIpc) is 3.13. The van der Waals surface area contributed by atoms with E-state index in [1.54, 1.807) is 24.3 Å². The van der Waals surface area contributed by atoms with Crippen LogP contribution in [0.4, 0.5) is 10.8 Å². The molecule has 0 spiro atoms. The minimum absolute atomic E-state index is 0. The Hall–Kier alpha value is -1.45. The van der Waals surface area contributed by atoms with Gasteiger partial charge in [0, 0.05) is 34.7 Å². The van der Waals surface area contributed by atoms with E-state index < -0.39 is 10.0 Å². The number of nitrogens with zero attached hydrogens (tertiary/aromatic N) is 2. The van der Waals surface area contributed by atoms with E-state index >= 15 is 0 Å². The number of halogens is 2. The fraction of sp³-hybridized carbons (Fsp3) is 0.211. The van der Waals surface area contributed by atoms with Crippen molar-refractivity contribution < 1.29 is 8.42 Å². The van der Waals surface area contributed by atoms with Crippen LogP contribution >= 0.6 is 39.9 Å². The van der Waals surface area contributed by atoms with Crippen LogP contribution < -0.4 is 5.32 Å². The van der Waals surface area contributed by atoms with E-state index in [9.17, 15) is 8.42 Å². The maximum atomic E-state index is 12.6. The molecule has 1 aromatic heterocycles. The Morgan fingerprint density at radius 3 is 2.21 bits per heavy atom. The standard InChI is InChI=1S/C19H20ClN3O2S2.BrH/c1-3-23(4-2)27(24,25)17-11-5-14(6-12-17)18-13-26-19(22-18)21-16-9-7-15(20)8-10-16;/h5-13H,3-4H2,1-2H3,(H,21,22);1H. The second-order valence-corrected chi connectivity index (χ2v) is 9.02. The minimum Gasteiger partial charge on any atom is -0.332 e. The lowest BCUT2D eigenvalue weighted by molar-refractivity contribution is 0.445. The summed E-state index contributed by atoms with van der Waals surface area (Å²) in [6, 6.07) is 14.2. The molecule has 0 aliphatic heterocycles. The van der Waals surface area contributed by atoms with Gasteiger partial charge >= 0.3 is 0 Å². The summed E-state index contributed by atoms with van der Waals surface area (Å²) < 4.78 is 26.6. The van der Waals surface area contributed by atoms with Gasteiger partial charge in [-0.15, -0.1) is 28.3 Å². The molecule has 2 aromatic carbocycles. The maximum absolute atomic E-state index is 12.6. The van der Waals surface area contributed by atoms with Crippen LogP contribution in [0.3, 0.4) is 0 Å². The SMILES string of the molecule is Br.CCN(CC)S(=O)(=O)c1ccc(-c2csc(Nc3ccc(Cl)cc3)n2)cc1. The van der Waals surface area contributed by atoms with E-state index in [1.165, 1.54) is 15.6 Å². The predicted octanol–water partition coefficient (Wildman–Crippen LogP) is 5.82. The van der Waals surface area contributed by atoms with Crippen LogP contribution in [0.15, 0.2) is 58.8 Å². The molecule has 0 aliphatic carbocycles. The molecule has 1 N–H and O–H groups in total. The predicted molar refractivity (Wildman–Crippen MR) is 123 cm³/mol. The van der Waals surface area contributed by atoms with Crippen LogP contribution in [0.1, 0.15) is 13.8 Å². The molecule has 3 rings (SSSR count). The second kappa shape index (κ2) is 9.84. The van der Waals surface area contributed by atoms with Gasteiger partial charge in [-0.2, -0.15) is 4.31 Å². The first-order valence-corrected chi connectivity index (χ1v) is 11.2. The molecule has 28 heavy (non-hydrogen) atoms. The number of nitrogens with one attached hydrogen (secondary N) is 1. The van der Waals surface area contributed by atoms with Crippen LogP contribution in [-0.4, -0.2) is 30.8 Å². The van der Waals surface area contributed by atoms with Gasteiger partial charge in [0.25, 0.3) is 0 Å². The minimum atomic E-state index is -3.45. The van der Waals surface area contributed by atoms with E-state index in [0.717, 1.165) is 22.1 Å². The number of hydrogen-bond donors (Lipinski definition) is 1. The summed E-state index contributed by atoms with van der Waals surface area (Å²) in [4.78, 5) is 4.87. The Morgan fingerprint density at radius 2 is 1.64 bits per heavy atom. The highest BCUT2D eigenvalue weighted by Crippen LogP contribution is 2.28. The van der Waals surface area contributed by atoms with Gasteiger partial charge in [-0.1, -0.05) is 37.6 Å². The Morgan fingerprint density at radius 1 is 1.04 bits per heavy atom. The second-order valence-electron chi connectivity index (χ2n) is 5.78. The first kappa shape index (κ1) is 22.8. The molecule has 0 radical (unpaired) electrons. The molecule has 150 valence electrons. The number of benzene rings is 2. The highest BCUT2D eigenvalue weighted by molar-refractivity contribution is 8.93. The Labute approximate surface area is 185 Å². The van der Waals surface area contributed by atoms with Crippen LogP contribution in [-0.2, 0) is 10.0 Å². The normalized spacial score (nSPS) is 11.3. The highest BCUT2D eigenvalue weighted by atomic mass is 79.9. The third-order valence-electron chi connectivity index (χ3n) is 4.09. The lowest BCUT2D eigenvalue weighted by Crippen LogP contribution is -2.30. The quantitative estimate of drug-likeness (QED) is 0.442. The third kappa shape index (κ3) is 5.12. The molecule has 0 unspecified atom stereocenters. The van der Waals surface area contributed by atoms with Gasteiger partial charge in [0.2, 0.25) is 10.0 Å². The third-order valence-corrected chi connectivity index (χ3v) is 7.17. The molecular formula is C19H21BrClN3O2S2. The van der Waals surface area contributed by atoms with Gasteiger partial charge in [-0.05, 0) is 36.4 Å². The molecule has 0 fully saturated rings. The zero-order valence-corrected chi connectivity index (χ0v) is 19.5. The fourth-order valence-corrected chi connectivity index (χ4v) is 4.95. The van der Waals surface area contributed by atoms with Crippen LogP contribution in [0.5, 0.6) is 0 Å².